The smallest absolute Gasteiger partial charge is 0.453 e. The fraction of sp³-hybridized carbons (Fsp3) is 0.120. The quantitative estimate of drug-likeness (QED) is 0.250. The molecule has 0 N–H and O–H groups in total. The fourth-order valence-corrected chi connectivity index (χ4v) is 3.26. The number of hydrogen-bond acceptors (Lipinski definition) is 7. The van der Waals surface area contributed by atoms with Gasteiger partial charge >= 0.3 is 12.1 Å². The number of carbonyl (C=O) groups excluding carboxylic acids is 1. The number of ether oxygens (including phenoxy) is 4. The van der Waals surface area contributed by atoms with Gasteiger partial charge in [0.25, 0.3) is 5.76 Å². The highest BCUT2D eigenvalue weighted by Crippen LogP contribution is 2.39. The Labute approximate surface area is 196 Å². The summed E-state index contributed by atoms with van der Waals surface area (Å²) in [5, 5.41) is -0.201. The molecule has 4 aromatic rings. The van der Waals surface area contributed by atoms with Crippen molar-refractivity contribution in [1.29, 1.82) is 0 Å². The predicted molar refractivity (Wildman–Crippen MR) is 119 cm³/mol. The fourth-order valence-electron chi connectivity index (χ4n) is 3.26. The molecule has 0 bridgehead atoms. The molecule has 7 nitrogen and oxygen atoms in total. The molecule has 35 heavy (non-hydrogen) atoms. The molecule has 0 atom stereocenters. The lowest BCUT2D eigenvalue weighted by molar-refractivity contribution is -0.154. The highest BCUT2D eigenvalue weighted by molar-refractivity contribution is 5.94. The second kappa shape index (κ2) is 9.41. The molecule has 1 heterocycles. The summed E-state index contributed by atoms with van der Waals surface area (Å²) >= 11 is 0. The Kier molecular flexibility index (Phi) is 6.37. The number of carbonyl (C=O) groups is 1. The Balaban J connectivity index is 1.75. The van der Waals surface area contributed by atoms with Gasteiger partial charge in [-0.2, -0.15) is 13.2 Å². The second-order valence-electron chi connectivity index (χ2n) is 7.12. The summed E-state index contributed by atoms with van der Waals surface area (Å²) in [4.78, 5) is 25.5. The van der Waals surface area contributed by atoms with Crippen LogP contribution in [0.1, 0.15) is 16.1 Å². The highest BCUT2D eigenvalue weighted by atomic mass is 19.4. The minimum atomic E-state index is -5.05. The third-order valence-corrected chi connectivity index (χ3v) is 4.88. The molecule has 0 aliphatic rings. The second-order valence-corrected chi connectivity index (χ2v) is 7.12. The van der Waals surface area contributed by atoms with E-state index in [9.17, 15) is 22.8 Å². The third kappa shape index (κ3) is 4.91. The van der Waals surface area contributed by atoms with Crippen molar-refractivity contribution in [3.05, 3.63) is 88.3 Å². The van der Waals surface area contributed by atoms with Crippen molar-refractivity contribution in [2.24, 2.45) is 0 Å². The van der Waals surface area contributed by atoms with Crippen molar-refractivity contribution in [3.63, 3.8) is 0 Å². The summed E-state index contributed by atoms with van der Waals surface area (Å²) in [5.74, 6) is -3.08. The number of benzene rings is 3. The third-order valence-electron chi connectivity index (χ3n) is 4.88. The molecule has 10 heteroatoms. The Morgan fingerprint density at radius 2 is 1.60 bits per heavy atom. The molecule has 1 aromatic heterocycles. The molecular weight excluding hydrogens is 469 g/mol. The molecule has 4 rings (SSSR count). The lowest BCUT2D eigenvalue weighted by atomic mass is 10.2. The van der Waals surface area contributed by atoms with Gasteiger partial charge in [-0.25, -0.2) is 4.79 Å². The molecule has 3 aromatic carbocycles. The van der Waals surface area contributed by atoms with Crippen LogP contribution in [0.3, 0.4) is 0 Å². The Hall–Kier alpha value is -4.47. The summed E-state index contributed by atoms with van der Waals surface area (Å²) in [5.41, 5.74) is -1.38. The van der Waals surface area contributed by atoms with Gasteiger partial charge in [0, 0.05) is 12.1 Å². The first-order valence-electron chi connectivity index (χ1n) is 10.1. The number of hydrogen-bond donors (Lipinski definition) is 0. The first-order valence-corrected chi connectivity index (χ1v) is 10.1. The normalized spacial score (nSPS) is 11.2. The van der Waals surface area contributed by atoms with Crippen LogP contribution in [0, 0.1) is 0 Å². The monoisotopic (exact) mass is 486 g/mol. The number of esters is 1. The number of halogens is 3. The van der Waals surface area contributed by atoms with Crippen LogP contribution in [0.2, 0.25) is 0 Å². The maximum atomic E-state index is 13.8. The largest absolute Gasteiger partial charge is 0.497 e. The maximum absolute atomic E-state index is 13.8. The van der Waals surface area contributed by atoms with E-state index in [1.807, 2.05) is 0 Å². The Morgan fingerprint density at radius 1 is 0.857 bits per heavy atom. The van der Waals surface area contributed by atoms with Crippen LogP contribution in [-0.2, 0) is 6.18 Å². The van der Waals surface area contributed by atoms with Crippen molar-refractivity contribution in [1.82, 2.24) is 0 Å². The first-order chi connectivity index (χ1) is 16.7. The first kappa shape index (κ1) is 23.7. The molecule has 180 valence electrons. The van der Waals surface area contributed by atoms with Crippen LogP contribution >= 0.6 is 0 Å². The summed E-state index contributed by atoms with van der Waals surface area (Å²) in [7, 11) is 2.75. The molecule has 0 saturated heterocycles. The van der Waals surface area contributed by atoms with Crippen LogP contribution < -0.4 is 24.4 Å². The number of rotatable bonds is 6. The molecule has 0 aliphatic carbocycles. The van der Waals surface area contributed by atoms with Crippen LogP contribution in [0.4, 0.5) is 13.2 Å². The lowest BCUT2D eigenvalue weighted by Crippen LogP contribution is -2.15. The van der Waals surface area contributed by atoms with Gasteiger partial charge in [-0.15, -0.1) is 0 Å². The van der Waals surface area contributed by atoms with Gasteiger partial charge < -0.3 is 23.4 Å². The number of para-hydroxylation sites is 1. The van der Waals surface area contributed by atoms with E-state index in [1.54, 1.807) is 24.3 Å². The number of methoxy groups -OCH3 is 2. The van der Waals surface area contributed by atoms with Crippen LogP contribution in [-0.4, -0.2) is 20.2 Å². The summed E-state index contributed by atoms with van der Waals surface area (Å²) < 4.78 is 67.1. The number of fused-ring (bicyclic) bond motifs is 1. The van der Waals surface area contributed by atoms with Gasteiger partial charge in [0.2, 0.25) is 11.2 Å². The summed E-state index contributed by atoms with van der Waals surface area (Å²) in [6.07, 6.45) is -5.05. The zero-order valence-corrected chi connectivity index (χ0v) is 18.3. The van der Waals surface area contributed by atoms with Gasteiger partial charge in [-0.05, 0) is 36.4 Å². The molecule has 0 amide bonds. The van der Waals surface area contributed by atoms with Crippen LogP contribution in [0.15, 0.2) is 75.9 Å². The molecule has 0 unspecified atom stereocenters. The van der Waals surface area contributed by atoms with Crippen molar-refractivity contribution >= 4 is 16.9 Å². The van der Waals surface area contributed by atoms with E-state index < -0.39 is 34.7 Å². The van der Waals surface area contributed by atoms with Gasteiger partial charge in [-0.3, -0.25) is 4.79 Å². The maximum Gasteiger partial charge on any atom is 0.453 e. The molecule has 0 saturated carbocycles. The van der Waals surface area contributed by atoms with Gasteiger partial charge in [0.05, 0.1) is 19.6 Å². The van der Waals surface area contributed by atoms with Gasteiger partial charge in [0.1, 0.15) is 34.1 Å². The van der Waals surface area contributed by atoms with E-state index in [0.29, 0.717) is 5.75 Å². The highest BCUT2D eigenvalue weighted by Gasteiger charge is 2.40. The average Bonchev–Trinajstić information content (AvgIpc) is 2.85. The molecule has 0 fully saturated rings. The lowest BCUT2D eigenvalue weighted by Gasteiger charge is -2.14. The molecule has 0 spiro atoms. The van der Waals surface area contributed by atoms with Crippen molar-refractivity contribution in [3.8, 4) is 28.7 Å². The van der Waals surface area contributed by atoms with Gasteiger partial charge in [0.15, 0.2) is 0 Å². The van der Waals surface area contributed by atoms with E-state index in [1.165, 1.54) is 50.6 Å². The van der Waals surface area contributed by atoms with Crippen molar-refractivity contribution < 1.29 is 41.3 Å². The number of alkyl halides is 3. The molecule has 0 radical (unpaired) electrons. The average molecular weight is 486 g/mol. The van der Waals surface area contributed by atoms with E-state index in [2.05, 4.69) is 0 Å². The minimum absolute atomic E-state index is 0.0520. The van der Waals surface area contributed by atoms with Crippen LogP contribution in [0.25, 0.3) is 11.0 Å². The zero-order valence-electron chi connectivity index (χ0n) is 18.3. The van der Waals surface area contributed by atoms with Crippen molar-refractivity contribution in [2.75, 3.05) is 14.2 Å². The van der Waals surface area contributed by atoms with E-state index in [-0.39, 0.29) is 28.2 Å². The van der Waals surface area contributed by atoms with E-state index in [0.717, 1.165) is 6.07 Å². The summed E-state index contributed by atoms with van der Waals surface area (Å²) in [6.45, 7) is 0. The van der Waals surface area contributed by atoms with Gasteiger partial charge in [-0.1, -0.05) is 18.2 Å². The Morgan fingerprint density at radius 3 is 2.31 bits per heavy atom. The topological polar surface area (TPSA) is 84.2 Å². The molecule has 0 aliphatic heterocycles. The van der Waals surface area contributed by atoms with E-state index in [4.69, 9.17) is 23.4 Å². The Bertz CT molecular complexity index is 1460. The SMILES string of the molecule is COc1cccc(Oc2c(C(F)(F)F)oc3cc(OC(=O)c4ccccc4OC)ccc3c2=O)c1. The van der Waals surface area contributed by atoms with E-state index >= 15 is 0 Å². The zero-order chi connectivity index (χ0) is 25.2. The standard InChI is InChI=1S/C25H17F3O7/c1-31-14-6-5-7-15(12-14)33-22-21(29)17-11-10-16(13-20(17)35-23(22)25(26,27)28)34-24(30)18-8-3-4-9-19(18)32-2/h3-13H,1-2H3. The predicted octanol–water partition coefficient (Wildman–Crippen LogP) is 5.84. The summed E-state index contributed by atoms with van der Waals surface area (Å²) in [6, 6.07) is 15.5. The molecular formula is C25H17F3O7. The van der Waals surface area contributed by atoms with Crippen molar-refractivity contribution in [2.45, 2.75) is 6.18 Å². The minimum Gasteiger partial charge on any atom is -0.497 e. The van der Waals surface area contributed by atoms with Crippen LogP contribution in [0.5, 0.6) is 28.7 Å².